The molecule has 8 heteroatoms. The molecule has 1 fully saturated rings. The minimum Gasteiger partial charge on any atom is -0.493 e. The number of ether oxygens (including phenoxy) is 2. The second-order valence-electron chi connectivity index (χ2n) is 6.73. The van der Waals surface area contributed by atoms with Crippen molar-refractivity contribution in [2.75, 3.05) is 26.1 Å². The summed E-state index contributed by atoms with van der Waals surface area (Å²) >= 11 is 0.799. The molecule has 0 bridgehead atoms. The molecule has 156 valence electrons. The Kier molecular flexibility index (Phi) is 6.47. The Labute approximate surface area is 179 Å². The van der Waals surface area contributed by atoms with Gasteiger partial charge in [0.05, 0.1) is 19.1 Å². The Balaban J connectivity index is 1.72. The lowest BCUT2D eigenvalue weighted by Gasteiger charge is -2.13. The minimum absolute atomic E-state index is 0.242. The van der Waals surface area contributed by atoms with Gasteiger partial charge < -0.3 is 14.8 Å². The van der Waals surface area contributed by atoms with Crippen molar-refractivity contribution in [2.24, 2.45) is 0 Å². The summed E-state index contributed by atoms with van der Waals surface area (Å²) < 4.78 is 10.5. The molecule has 3 rings (SSSR count). The minimum atomic E-state index is -0.505. The number of aryl methyl sites for hydroxylation is 2. The summed E-state index contributed by atoms with van der Waals surface area (Å²) in [5.41, 5.74) is 3.45. The molecule has 1 aliphatic heterocycles. The number of benzene rings is 2. The van der Waals surface area contributed by atoms with Crippen LogP contribution in [0, 0.1) is 13.8 Å². The fourth-order valence-corrected chi connectivity index (χ4v) is 3.73. The summed E-state index contributed by atoms with van der Waals surface area (Å²) in [6.45, 7) is 3.58. The average molecular weight is 426 g/mol. The van der Waals surface area contributed by atoms with Gasteiger partial charge in [0.2, 0.25) is 5.91 Å². The van der Waals surface area contributed by atoms with E-state index in [1.807, 2.05) is 26.0 Å². The third-order valence-electron chi connectivity index (χ3n) is 4.67. The van der Waals surface area contributed by atoms with Crippen LogP contribution in [0.15, 0.2) is 41.3 Å². The molecule has 0 radical (unpaired) electrons. The number of hydrogen-bond acceptors (Lipinski definition) is 6. The molecule has 1 aliphatic rings. The van der Waals surface area contributed by atoms with Crippen molar-refractivity contribution in [3.8, 4) is 11.5 Å². The molecule has 1 saturated heterocycles. The molecule has 0 saturated carbocycles. The van der Waals surface area contributed by atoms with Crippen molar-refractivity contribution in [1.29, 1.82) is 0 Å². The quantitative estimate of drug-likeness (QED) is 0.703. The number of methoxy groups -OCH3 is 2. The summed E-state index contributed by atoms with van der Waals surface area (Å²) in [6.07, 6.45) is 1.59. The van der Waals surface area contributed by atoms with Gasteiger partial charge in [0.15, 0.2) is 11.5 Å². The Morgan fingerprint density at radius 3 is 2.43 bits per heavy atom. The predicted octanol–water partition coefficient (Wildman–Crippen LogP) is 4.00. The zero-order valence-corrected chi connectivity index (χ0v) is 18.0. The van der Waals surface area contributed by atoms with Gasteiger partial charge in [-0.25, -0.2) is 0 Å². The number of nitrogens with zero attached hydrogens (tertiary/aromatic N) is 1. The first-order chi connectivity index (χ1) is 14.3. The SMILES string of the molecule is COc1ccc(C=C2SC(=O)N(CC(=O)Nc3ccc(C)c(C)c3)C2=O)cc1OC. The maximum Gasteiger partial charge on any atom is 0.294 e. The second kappa shape index (κ2) is 9.04. The third-order valence-corrected chi connectivity index (χ3v) is 5.58. The Hall–Kier alpha value is -3.26. The number of thioether (sulfide) groups is 1. The first-order valence-corrected chi connectivity index (χ1v) is 9.98. The predicted molar refractivity (Wildman–Crippen MR) is 117 cm³/mol. The molecule has 1 N–H and O–H groups in total. The number of carbonyl (C=O) groups excluding carboxylic acids is 3. The van der Waals surface area contributed by atoms with Crippen molar-refractivity contribution >= 4 is 40.6 Å². The van der Waals surface area contributed by atoms with Crippen LogP contribution in [0.3, 0.4) is 0 Å². The molecule has 1 heterocycles. The largest absolute Gasteiger partial charge is 0.493 e. The molecule has 0 aromatic heterocycles. The van der Waals surface area contributed by atoms with Gasteiger partial charge in [-0.15, -0.1) is 0 Å². The lowest BCUT2D eigenvalue weighted by atomic mass is 10.1. The summed E-state index contributed by atoms with van der Waals surface area (Å²) in [6, 6.07) is 10.7. The van der Waals surface area contributed by atoms with E-state index < -0.39 is 17.1 Å². The fourth-order valence-electron chi connectivity index (χ4n) is 2.89. The topological polar surface area (TPSA) is 84.9 Å². The van der Waals surface area contributed by atoms with Crippen molar-refractivity contribution < 1.29 is 23.9 Å². The summed E-state index contributed by atoms with van der Waals surface area (Å²) in [4.78, 5) is 38.5. The first kappa shape index (κ1) is 21.4. The van der Waals surface area contributed by atoms with E-state index in [2.05, 4.69) is 5.32 Å². The smallest absolute Gasteiger partial charge is 0.294 e. The molecular weight excluding hydrogens is 404 g/mol. The molecule has 7 nitrogen and oxygen atoms in total. The van der Waals surface area contributed by atoms with Crippen molar-refractivity contribution in [3.63, 3.8) is 0 Å². The second-order valence-corrected chi connectivity index (χ2v) is 7.72. The third kappa shape index (κ3) is 4.65. The van der Waals surface area contributed by atoms with Crippen LogP contribution >= 0.6 is 11.8 Å². The van der Waals surface area contributed by atoms with E-state index in [0.29, 0.717) is 22.7 Å². The van der Waals surface area contributed by atoms with Gasteiger partial charge in [-0.1, -0.05) is 12.1 Å². The van der Waals surface area contributed by atoms with E-state index in [-0.39, 0.29) is 11.4 Å². The van der Waals surface area contributed by atoms with E-state index in [4.69, 9.17) is 9.47 Å². The van der Waals surface area contributed by atoms with Crippen LogP contribution in [-0.2, 0) is 9.59 Å². The highest BCUT2D eigenvalue weighted by molar-refractivity contribution is 8.18. The number of hydrogen-bond donors (Lipinski definition) is 1. The maximum atomic E-state index is 12.7. The van der Waals surface area contributed by atoms with E-state index in [0.717, 1.165) is 27.8 Å². The van der Waals surface area contributed by atoms with Crippen LogP contribution < -0.4 is 14.8 Å². The van der Waals surface area contributed by atoms with E-state index >= 15 is 0 Å². The van der Waals surface area contributed by atoms with Gasteiger partial charge in [-0.3, -0.25) is 19.3 Å². The summed E-state index contributed by atoms with van der Waals surface area (Å²) in [5.74, 6) is 0.131. The number of carbonyl (C=O) groups is 3. The monoisotopic (exact) mass is 426 g/mol. The Bertz CT molecular complexity index is 1050. The van der Waals surface area contributed by atoms with Gasteiger partial charge in [-0.05, 0) is 72.6 Å². The molecule has 0 spiro atoms. The van der Waals surface area contributed by atoms with Crippen molar-refractivity contribution in [1.82, 2.24) is 4.90 Å². The van der Waals surface area contributed by atoms with Gasteiger partial charge in [0, 0.05) is 5.69 Å². The summed E-state index contributed by atoms with van der Waals surface area (Å²) in [7, 11) is 3.05. The lowest BCUT2D eigenvalue weighted by Crippen LogP contribution is -2.36. The first-order valence-electron chi connectivity index (χ1n) is 9.17. The highest BCUT2D eigenvalue weighted by Crippen LogP contribution is 2.34. The van der Waals surface area contributed by atoms with Crippen LogP contribution in [0.4, 0.5) is 10.5 Å². The number of nitrogens with one attached hydrogen (secondary N) is 1. The standard InChI is InChI=1S/C22H22N2O5S/c1-13-5-7-16(9-14(13)2)23-20(25)12-24-21(26)19(30-22(24)27)11-15-6-8-17(28-3)18(10-15)29-4/h5-11H,12H2,1-4H3,(H,23,25). The van der Waals surface area contributed by atoms with Gasteiger partial charge >= 0.3 is 0 Å². The number of amides is 3. The normalized spacial score (nSPS) is 14.9. The van der Waals surface area contributed by atoms with Crippen LogP contribution in [0.1, 0.15) is 16.7 Å². The van der Waals surface area contributed by atoms with Crippen LogP contribution in [-0.4, -0.2) is 42.7 Å². The fraction of sp³-hybridized carbons (Fsp3) is 0.227. The zero-order valence-electron chi connectivity index (χ0n) is 17.1. The number of rotatable bonds is 6. The molecule has 0 unspecified atom stereocenters. The number of imide groups is 1. The molecule has 2 aromatic carbocycles. The number of anilines is 1. The zero-order chi connectivity index (χ0) is 21.8. The van der Waals surface area contributed by atoms with Crippen molar-refractivity contribution in [2.45, 2.75) is 13.8 Å². The van der Waals surface area contributed by atoms with Crippen LogP contribution in [0.5, 0.6) is 11.5 Å². The van der Waals surface area contributed by atoms with Crippen LogP contribution in [0.2, 0.25) is 0 Å². The van der Waals surface area contributed by atoms with E-state index in [1.54, 1.807) is 30.3 Å². The summed E-state index contributed by atoms with van der Waals surface area (Å²) in [5, 5.41) is 2.24. The maximum absolute atomic E-state index is 12.7. The molecule has 0 atom stereocenters. The van der Waals surface area contributed by atoms with Crippen LogP contribution in [0.25, 0.3) is 6.08 Å². The lowest BCUT2D eigenvalue weighted by molar-refractivity contribution is -0.127. The van der Waals surface area contributed by atoms with Gasteiger partial charge in [0.1, 0.15) is 6.54 Å². The Morgan fingerprint density at radius 2 is 1.77 bits per heavy atom. The molecule has 30 heavy (non-hydrogen) atoms. The highest BCUT2D eigenvalue weighted by Gasteiger charge is 2.36. The van der Waals surface area contributed by atoms with Crippen molar-refractivity contribution in [3.05, 3.63) is 58.0 Å². The average Bonchev–Trinajstić information content (AvgIpc) is 2.98. The Morgan fingerprint density at radius 1 is 1.03 bits per heavy atom. The molecule has 2 aromatic rings. The highest BCUT2D eigenvalue weighted by atomic mass is 32.2. The van der Waals surface area contributed by atoms with E-state index in [9.17, 15) is 14.4 Å². The molecule has 0 aliphatic carbocycles. The van der Waals surface area contributed by atoms with E-state index in [1.165, 1.54) is 14.2 Å². The van der Waals surface area contributed by atoms with Gasteiger partial charge in [-0.2, -0.15) is 0 Å². The van der Waals surface area contributed by atoms with Gasteiger partial charge in [0.25, 0.3) is 11.1 Å². The molecule has 3 amide bonds. The molecular formula is C22H22N2O5S.